The molecule has 1 atom stereocenters. The van der Waals surface area contributed by atoms with Crippen molar-refractivity contribution in [2.75, 3.05) is 13.6 Å². The number of carbonyl (C=O) groups is 1. The Balaban J connectivity index is 2.79. The van der Waals surface area contributed by atoms with Gasteiger partial charge in [-0.1, -0.05) is 20.8 Å². The van der Waals surface area contributed by atoms with Gasteiger partial charge in [0.25, 0.3) is 0 Å². The van der Waals surface area contributed by atoms with E-state index in [1.54, 1.807) is 18.4 Å². The monoisotopic (exact) mass is 311 g/mol. The lowest BCUT2D eigenvalue weighted by Gasteiger charge is -2.25. The Labute approximate surface area is 132 Å². The summed E-state index contributed by atoms with van der Waals surface area (Å²) in [6.45, 7) is 15.3. The Hall–Kier alpha value is -0.940. The van der Waals surface area contributed by atoms with Crippen molar-refractivity contribution < 1.29 is 4.79 Å². The highest BCUT2D eigenvalue weighted by Crippen LogP contribution is 2.32. The van der Waals surface area contributed by atoms with Crippen molar-refractivity contribution in [2.24, 2.45) is 5.41 Å². The summed E-state index contributed by atoms with van der Waals surface area (Å²) >= 11 is 1.77. The molecule has 5 heteroatoms. The summed E-state index contributed by atoms with van der Waals surface area (Å²) in [5.74, 6) is 0.0543. The number of carbonyl (C=O) groups excluding carboxylic acids is 1. The Kier molecular flexibility index (Phi) is 5.56. The minimum Gasteiger partial charge on any atom is -0.359 e. The average molecular weight is 311 g/mol. The lowest BCUT2D eigenvalue weighted by Crippen LogP contribution is -2.42. The van der Waals surface area contributed by atoms with Gasteiger partial charge < -0.3 is 10.6 Å². The summed E-state index contributed by atoms with van der Waals surface area (Å²) < 4.78 is 0. The van der Waals surface area contributed by atoms with Crippen molar-refractivity contribution in [1.29, 1.82) is 0 Å². The van der Waals surface area contributed by atoms with E-state index >= 15 is 0 Å². The predicted octanol–water partition coefficient (Wildman–Crippen LogP) is 3.17. The van der Waals surface area contributed by atoms with Crippen molar-refractivity contribution in [3.8, 4) is 0 Å². The smallest absolute Gasteiger partial charge is 0.226 e. The topological polar surface area (TPSA) is 54.0 Å². The summed E-state index contributed by atoms with van der Waals surface area (Å²) in [5, 5.41) is 7.35. The van der Waals surface area contributed by atoms with Gasteiger partial charge >= 0.3 is 0 Å². The van der Waals surface area contributed by atoms with E-state index in [2.05, 4.69) is 45.3 Å². The molecule has 0 aliphatic carbocycles. The quantitative estimate of drug-likeness (QED) is 0.878. The third-order valence-corrected chi connectivity index (χ3v) is 5.33. The Morgan fingerprint density at radius 2 is 1.86 bits per heavy atom. The molecule has 0 aromatic carbocycles. The van der Waals surface area contributed by atoms with E-state index in [-0.39, 0.29) is 17.4 Å². The molecule has 0 fully saturated rings. The maximum Gasteiger partial charge on any atom is 0.226 e. The van der Waals surface area contributed by atoms with E-state index in [4.69, 9.17) is 4.98 Å². The van der Waals surface area contributed by atoms with Gasteiger partial charge in [0.15, 0.2) is 0 Å². The van der Waals surface area contributed by atoms with Crippen LogP contribution in [0.3, 0.4) is 0 Å². The largest absolute Gasteiger partial charge is 0.359 e. The molecule has 0 spiro atoms. The highest BCUT2D eigenvalue weighted by Gasteiger charge is 2.28. The minimum atomic E-state index is -0.422. The van der Waals surface area contributed by atoms with Crippen LogP contribution in [0.15, 0.2) is 0 Å². The zero-order valence-electron chi connectivity index (χ0n) is 14.5. The maximum atomic E-state index is 11.8. The molecule has 1 aromatic rings. The first-order valence-corrected chi connectivity index (χ1v) is 8.24. The number of aryl methyl sites for hydroxylation is 1. The van der Waals surface area contributed by atoms with Crippen molar-refractivity contribution in [2.45, 2.75) is 59.9 Å². The highest BCUT2D eigenvalue weighted by molar-refractivity contribution is 7.12. The van der Waals surface area contributed by atoms with E-state index in [9.17, 15) is 4.79 Å². The van der Waals surface area contributed by atoms with Crippen molar-refractivity contribution in [3.05, 3.63) is 15.6 Å². The molecule has 1 rings (SSSR count). The van der Waals surface area contributed by atoms with Crippen molar-refractivity contribution in [3.63, 3.8) is 0 Å². The van der Waals surface area contributed by atoms with E-state index in [1.165, 1.54) is 4.88 Å². The first-order chi connectivity index (χ1) is 9.49. The number of aromatic nitrogens is 1. The molecule has 1 unspecified atom stereocenters. The fraction of sp³-hybridized carbons (Fsp3) is 0.750. The molecule has 1 heterocycles. The molecule has 2 N–H and O–H groups in total. The molecule has 0 saturated carbocycles. The van der Waals surface area contributed by atoms with Gasteiger partial charge in [0.1, 0.15) is 0 Å². The Morgan fingerprint density at radius 3 is 2.29 bits per heavy atom. The number of rotatable bonds is 5. The molecular formula is C16H29N3OS. The summed E-state index contributed by atoms with van der Waals surface area (Å²) in [6.07, 6.45) is 0. The van der Waals surface area contributed by atoms with Crippen LogP contribution in [-0.4, -0.2) is 24.5 Å². The predicted molar refractivity (Wildman–Crippen MR) is 89.8 cm³/mol. The number of thiazole rings is 1. The summed E-state index contributed by atoms with van der Waals surface area (Å²) in [4.78, 5) is 17.8. The van der Waals surface area contributed by atoms with Crippen LogP contribution >= 0.6 is 11.3 Å². The molecular weight excluding hydrogens is 282 g/mol. The number of hydrogen-bond acceptors (Lipinski definition) is 4. The SMILES string of the molecule is CNC(=O)C(C)(C)CNC(C)c1sc(C(C)(C)C)nc1C. The summed E-state index contributed by atoms with van der Waals surface area (Å²) in [7, 11) is 1.68. The van der Waals surface area contributed by atoms with E-state index in [0.717, 1.165) is 10.7 Å². The standard InChI is InChI=1S/C16H29N3OS/c1-10(18-9-16(6,7)13(20)17-8)12-11(2)19-14(21-12)15(3,4)5/h10,18H,9H2,1-8H3,(H,17,20). The molecule has 120 valence electrons. The molecule has 0 aliphatic heterocycles. The third kappa shape index (κ3) is 4.51. The molecule has 1 aromatic heterocycles. The summed E-state index contributed by atoms with van der Waals surface area (Å²) in [6, 6.07) is 0.197. The van der Waals surface area contributed by atoms with Crippen LogP contribution < -0.4 is 10.6 Å². The Morgan fingerprint density at radius 1 is 1.29 bits per heavy atom. The van der Waals surface area contributed by atoms with Crippen LogP contribution in [0.25, 0.3) is 0 Å². The van der Waals surface area contributed by atoms with Crippen LogP contribution in [0.4, 0.5) is 0 Å². The molecule has 0 saturated heterocycles. The second kappa shape index (κ2) is 6.44. The number of nitrogens with zero attached hydrogens (tertiary/aromatic N) is 1. The second-order valence-electron chi connectivity index (χ2n) is 7.28. The van der Waals surface area contributed by atoms with Crippen LogP contribution in [0.5, 0.6) is 0 Å². The van der Waals surface area contributed by atoms with E-state index in [0.29, 0.717) is 6.54 Å². The van der Waals surface area contributed by atoms with Crippen LogP contribution in [0, 0.1) is 12.3 Å². The molecule has 1 amide bonds. The van der Waals surface area contributed by atoms with Crippen molar-refractivity contribution in [1.82, 2.24) is 15.6 Å². The molecule has 4 nitrogen and oxygen atoms in total. The second-order valence-corrected chi connectivity index (χ2v) is 8.31. The minimum absolute atomic E-state index is 0.0543. The normalized spacial score (nSPS) is 14.1. The molecule has 0 bridgehead atoms. The first kappa shape index (κ1) is 18.1. The van der Waals surface area contributed by atoms with Gasteiger partial charge in [-0.25, -0.2) is 4.98 Å². The number of nitrogens with one attached hydrogen (secondary N) is 2. The zero-order valence-corrected chi connectivity index (χ0v) is 15.4. The van der Waals surface area contributed by atoms with Gasteiger partial charge in [0.2, 0.25) is 5.91 Å². The lowest BCUT2D eigenvalue weighted by molar-refractivity contribution is -0.128. The van der Waals surface area contributed by atoms with Gasteiger partial charge in [0.05, 0.1) is 16.1 Å². The number of amides is 1. The highest BCUT2D eigenvalue weighted by atomic mass is 32.1. The molecule has 0 radical (unpaired) electrons. The summed E-state index contributed by atoms with van der Waals surface area (Å²) in [5.41, 5.74) is 0.742. The fourth-order valence-electron chi connectivity index (χ4n) is 2.05. The Bertz CT molecular complexity index is 500. The van der Waals surface area contributed by atoms with Crippen LogP contribution in [-0.2, 0) is 10.2 Å². The maximum absolute atomic E-state index is 11.8. The van der Waals surface area contributed by atoms with Gasteiger partial charge in [-0.15, -0.1) is 11.3 Å². The van der Waals surface area contributed by atoms with E-state index in [1.807, 2.05) is 13.8 Å². The molecule has 21 heavy (non-hydrogen) atoms. The zero-order chi connectivity index (χ0) is 16.4. The van der Waals surface area contributed by atoms with Gasteiger partial charge in [0, 0.05) is 29.9 Å². The molecule has 0 aliphatic rings. The average Bonchev–Trinajstić information content (AvgIpc) is 2.77. The van der Waals surface area contributed by atoms with Crippen molar-refractivity contribution >= 4 is 17.2 Å². The number of hydrogen-bond donors (Lipinski definition) is 2. The van der Waals surface area contributed by atoms with Gasteiger partial charge in [-0.3, -0.25) is 4.79 Å². The lowest BCUT2D eigenvalue weighted by atomic mass is 9.92. The van der Waals surface area contributed by atoms with Crippen LogP contribution in [0.1, 0.15) is 63.2 Å². The first-order valence-electron chi connectivity index (χ1n) is 7.42. The van der Waals surface area contributed by atoms with E-state index < -0.39 is 5.41 Å². The third-order valence-electron chi connectivity index (χ3n) is 3.56. The van der Waals surface area contributed by atoms with Gasteiger partial charge in [-0.2, -0.15) is 0 Å². The van der Waals surface area contributed by atoms with Gasteiger partial charge in [-0.05, 0) is 27.7 Å². The fourth-order valence-corrected chi connectivity index (χ4v) is 3.20. The van der Waals surface area contributed by atoms with Crippen LogP contribution in [0.2, 0.25) is 0 Å².